The number of hydrogen-bond acceptors (Lipinski definition) is 3. The van der Waals surface area contributed by atoms with Crippen molar-refractivity contribution in [3.8, 4) is 0 Å². The molecule has 2 heterocycles. The molecule has 1 aromatic heterocycles. The van der Waals surface area contributed by atoms with Crippen LogP contribution in [0.3, 0.4) is 0 Å². The standard InChI is InChI=1S/C13H16N2O/c1-2-12-9(8-16)3-4-13(14-12)15-6-10-5-11(10)7-15/h2-4,10-11,16H,1,5-8H2. The molecule has 2 atom stereocenters. The molecule has 2 fully saturated rings. The Labute approximate surface area is 95.4 Å². The molecule has 84 valence electrons. The number of aliphatic hydroxyl groups is 1. The summed E-state index contributed by atoms with van der Waals surface area (Å²) in [6.07, 6.45) is 3.12. The Morgan fingerprint density at radius 2 is 2.19 bits per heavy atom. The van der Waals surface area contributed by atoms with Gasteiger partial charge in [-0.15, -0.1) is 0 Å². The van der Waals surface area contributed by atoms with Crippen LogP contribution >= 0.6 is 0 Å². The van der Waals surface area contributed by atoms with Gasteiger partial charge in [-0.3, -0.25) is 0 Å². The highest BCUT2D eigenvalue weighted by Crippen LogP contribution is 2.45. The number of pyridine rings is 1. The number of aromatic nitrogens is 1. The molecule has 0 spiro atoms. The van der Waals surface area contributed by atoms with Crippen molar-refractivity contribution >= 4 is 11.9 Å². The summed E-state index contributed by atoms with van der Waals surface area (Å²) in [5, 5.41) is 9.15. The topological polar surface area (TPSA) is 36.4 Å². The SMILES string of the molecule is C=Cc1nc(N2CC3CC3C2)ccc1CO. The maximum Gasteiger partial charge on any atom is 0.129 e. The molecule has 0 aromatic carbocycles. The molecule has 1 saturated carbocycles. The van der Waals surface area contributed by atoms with E-state index in [0.717, 1.165) is 42.0 Å². The van der Waals surface area contributed by atoms with E-state index < -0.39 is 0 Å². The molecule has 1 aliphatic carbocycles. The highest BCUT2D eigenvalue weighted by molar-refractivity contribution is 5.53. The number of fused-ring (bicyclic) bond motifs is 1. The smallest absolute Gasteiger partial charge is 0.129 e. The maximum absolute atomic E-state index is 9.15. The molecule has 3 heteroatoms. The average Bonchev–Trinajstić information content (AvgIpc) is 2.95. The van der Waals surface area contributed by atoms with Gasteiger partial charge in [-0.2, -0.15) is 0 Å². The van der Waals surface area contributed by atoms with Gasteiger partial charge in [-0.1, -0.05) is 12.6 Å². The molecule has 0 amide bonds. The Kier molecular flexibility index (Phi) is 2.21. The molecule has 1 aromatic rings. The third-order valence-electron chi connectivity index (χ3n) is 3.66. The van der Waals surface area contributed by atoms with Crippen molar-refractivity contribution < 1.29 is 5.11 Å². The van der Waals surface area contributed by atoms with Gasteiger partial charge in [-0.25, -0.2) is 4.98 Å². The monoisotopic (exact) mass is 216 g/mol. The van der Waals surface area contributed by atoms with E-state index in [1.165, 1.54) is 6.42 Å². The number of anilines is 1. The van der Waals surface area contributed by atoms with Crippen LogP contribution in [0.2, 0.25) is 0 Å². The van der Waals surface area contributed by atoms with Crippen molar-refractivity contribution in [2.24, 2.45) is 11.8 Å². The zero-order chi connectivity index (χ0) is 11.1. The van der Waals surface area contributed by atoms with Crippen molar-refractivity contribution in [3.05, 3.63) is 30.0 Å². The van der Waals surface area contributed by atoms with Crippen molar-refractivity contribution in [1.82, 2.24) is 4.98 Å². The Bertz CT molecular complexity index is 420. The summed E-state index contributed by atoms with van der Waals surface area (Å²) < 4.78 is 0. The number of rotatable bonds is 3. The summed E-state index contributed by atoms with van der Waals surface area (Å²) in [7, 11) is 0. The van der Waals surface area contributed by atoms with E-state index in [2.05, 4.69) is 16.5 Å². The van der Waals surface area contributed by atoms with Crippen molar-refractivity contribution in [2.75, 3.05) is 18.0 Å². The lowest BCUT2D eigenvalue weighted by Crippen LogP contribution is -2.23. The normalized spacial score (nSPS) is 26.7. The van der Waals surface area contributed by atoms with E-state index in [4.69, 9.17) is 5.11 Å². The predicted octanol–water partition coefficient (Wildman–Crippen LogP) is 1.67. The second kappa shape index (κ2) is 3.59. The molecular formula is C13H16N2O. The summed E-state index contributed by atoms with van der Waals surface area (Å²) in [4.78, 5) is 6.89. The summed E-state index contributed by atoms with van der Waals surface area (Å²) in [6.45, 7) is 6.06. The number of hydrogen-bond donors (Lipinski definition) is 1. The highest BCUT2D eigenvalue weighted by Gasteiger charge is 2.45. The predicted molar refractivity (Wildman–Crippen MR) is 64.1 cm³/mol. The molecular weight excluding hydrogens is 200 g/mol. The first kappa shape index (κ1) is 9.85. The van der Waals surface area contributed by atoms with E-state index in [-0.39, 0.29) is 6.61 Å². The molecule has 1 N–H and O–H groups in total. The summed E-state index contributed by atoms with van der Waals surface area (Å²) in [5.41, 5.74) is 1.66. The van der Waals surface area contributed by atoms with Gasteiger partial charge in [0.05, 0.1) is 12.3 Å². The van der Waals surface area contributed by atoms with Crippen LogP contribution in [0.5, 0.6) is 0 Å². The molecule has 2 aliphatic rings. The lowest BCUT2D eigenvalue weighted by molar-refractivity contribution is 0.281. The third kappa shape index (κ3) is 1.52. The minimum atomic E-state index is 0.0277. The number of piperidine rings is 1. The maximum atomic E-state index is 9.15. The zero-order valence-corrected chi connectivity index (χ0v) is 9.26. The fourth-order valence-electron chi connectivity index (χ4n) is 2.56. The van der Waals surface area contributed by atoms with Crippen LogP contribution in [0.4, 0.5) is 5.82 Å². The minimum absolute atomic E-state index is 0.0277. The van der Waals surface area contributed by atoms with Crippen LogP contribution in [0, 0.1) is 11.8 Å². The lowest BCUT2D eigenvalue weighted by atomic mass is 10.2. The van der Waals surface area contributed by atoms with E-state index in [1.54, 1.807) is 6.08 Å². The molecule has 1 aliphatic heterocycles. The average molecular weight is 216 g/mol. The van der Waals surface area contributed by atoms with E-state index >= 15 is 0 Å². The van der Waals surface area contributed by atoms with E-state index in [1.807, 2.05) is 12.1 Å². The Morgan fingerprint density at radius 1 is 1.44 bits per heavy atom. The summed E-state index contributed by atoms with van der Waals surface area (Å²) >= 11 is 0. The van der Waals surface area contributed by atoms with Gasteiger partial charge in [0.15, 0.2) is 0 Å². The molecule has 1 saturated heterocycles. The van der Waals surface area contributed by atoms with Gasteiger partial charge < -0.3 is 10.0 Å². The van der Waals surface area contributed by atoms with Gasteiger partial charge in [0, 0.05) is 18.7 Å². The first-order chi connectivity index (χ1) is 7.81. The van der Waals surface area contributed by atoms with Crippen LogP contribution in [0.1, 0.15) is 17.7 Å². The molecule has 3 nitrogen and oxygen atoms in total. The zero-order valence-electron chi connectivity index (χ0n) is 9.26. The fraction of sp³-hybridized carbons (Fsp3) is 0.462. The molecule has 16 heavy (non-hydrogen) atoms. The van der Waals surface area contributed by atoms with Gasteiger partial charge in [0.1, 0.15) is 5.82 Å². The van der Waals surface area contributed by atoms with E-state index in [9.17, 15) is 0 Å². The number of aliphatic hydroxyl groups excluding tert-OH is 1. The van der Waals surface area contributed by atoms with Crippen LogP contribution in [0.25, 0.3) is 6.08 Å². The van der Waals surface area contributed by atoms with Gasteiger partial charge in [0.25, 0.3) is 0 Å². The lowest BCUT2D eigenvalue weighted by Gasteiger charge is -2.19. The van der Waals surface area contributed by atoms with Gasteiger partial charge in [0.2, 0.25) is 0 Å². The molecule has 0 radical (unpaired) electrons. The van der Waals surface area contributed by atoms with Crippen LogP contribution in [0.15, 0.2) is 18.7 Å². The fourth-order valence-corrected chi connectivity index (χ4v) is 2.56. The van der Waals surface area contributed by atoms with Gasteiger partial charge >= 0.3 is 0 Å². The van der Waals surface area contributed by atoms with Crippen molar-refractivity contribution in [3.63, 3.8) is 0 Å². The van der Waals surface area contributed by atoms with Crippen molar-refractivity contribution in [1.29, 1.82) is 0 Å². The molecule has 3 rings (SSSR count). The molecule has 2 unspecified atom stereocenters. The Balaban J connectivity index is 1.87. The second-order valence-corrected chi connectivity index (χ2v) is 4.74. The Hall–Kier alpha value is -1.35. The summed E-state index contributed by atoms with van der Waals surface area (Å²) in [5.74, 6) is 2.84. The van der Waals surface area contributed by atoms with Crippen molar-refractivity contribution in [2.45, 2.75) is 13.0 Å². The largest absolute Gasteiger partial charge is 0.392 e. The summed E-state index contributed by atoms with van der Waals surface area (Å²) in [6, 6.07) is 3.95. The highest BCUT2D eigenvalue weighted by atomic mass is 16.3. The minimum Gasteiger partial charge on any atom is -0.392 e. The van der Waals surface area contributed by atoms with Gasteiger partial charge in [-0.05, 0) is 30.4 Å². The number of nitrogens with zero attached hydrogens (tertiary/aromatic N) is 2. The van der Waals surface area contributed by atoms with Crippen LogP contribution in [-0.2, 0) is 6.61 Å². The third-order valence-corrected chi connectivity index (χ3v) is 3.66. The van der Waals surface area contributed by atoms with Crippen LogP contribution in [-0.4, -0.2) is 23.2 Å². The van der Waals surface area contributed by atoms with Crippen LogP contribution < -0.4 is 4.90 Å². The first-order valence-electron chi connectivity index (χ1n) is 5.80. The second-order valence-electron chi connectivity index (χ2n) is 4.74. The quantitative estimate of drug-likeness (QED) is 0.835. The first-order valence-corrected chi connectivity index (χ1v) is 5.80. The van der Waals surface area contributed by atoms with E-state index in [0.29, 0.717) is 0 Å². The molecule has 0 bridgehead atoms. The Morgan fingerprint density at radius 3 is 2.81 bits per heavy atom.